The molecule has 0 fully saturated rings. The summed E-state index contributed by atoms with van der Waals surface area (Å²) in [7, 11) is 0. The lowest BCUT2D eigenvalue weighted by Gasteiger charge is -2.13. The van der Waals surface area contributed by atoms with Gasteiger partial charge in [-0.15, -0.1) is 0 Å². The molecule has 0 aliphatic heterocycles. The van der Waals surface area contributed by atoms with Gasteiger partial charge in [0, 0.05) is 18.3 Å². The van der Waals surface area contributed by atoms with Crippen molar-refractivity contribution in [3.8, 4) is 5.88 Å². The monoisotopic (exact) mass is 251 g/mol. The Labute approximate surface area is 110 Å². The topological polar surface area (TPSA) is 47.0 Å². The molecule has 0 aliphatic rings. The number of nitrogens with one attached hydrogen (secondary N) is 1. The first-order valence-corrected chi connectivity index (χ1v) is 6.65. The molecule has 102 valence electrons. The predicted molar refractivity (Wildman–Crippen MR) is 73.6 cm³/mol. The van der Waals surface area contributed by atoms with Crippen molar-refractivity contribution in [3.63, 3.8) is 0 Å². The van der Waals surface area contributed by atoms with Gasteiger partial charge in [0.1, 0.15) is 5.82 Å². The average Bonchev–Trinajstić information content (AvgIpc) is 2.28. The van der Waals surface area contributed by atoms with Crippen LogP contribution in [0.4, 0.5) is 0 Å². The smallest absolute Gasteiger partial charge is 0.221 e. The van der Waals surface area contributed by atoms with Gasteiger partial charge in [-0.3, -0.25) is 0 Å². The van der Waals surface area contributed by atoms with Crippen LogP contribution in [0.15, 0.2) is 6.20 Å². The number of ether oxygens (including phenoxy) is 1. The van der Waals surface area contributed by atoms with Crippen molar-refractivity contribution in [1.82, 2.24) is 15.3 Å². The zero-order valence-corrected chi connectivity index (χ0v) is 12.2. The Morgan fingerprint density at radius 2 is 1.94 bits per heavy atom. The van der Waals surface area contributed by atoms with E-state index in [0.29, 0.717) is 24.3 Å². The molecule has 0 saturated carbocycles. The molecule has 1 aromatic heterocycles. The van der Waals surface area contributed by atoms with Gasteiger partial charge >= 0.3 is 0 Å². The molecule has 0 atom stereocenters. The number of aryl methyl sites for hydroxylation is 1. The highest BCUT2D eigenvalue weighted by Gasteiger charge is 2.08. The quantitative estimate of drug-likeness (QED) is 0.809. The van der Waals surface area contributed by atoms with E-state index in [1.54, 1.807) is 0 Å². The second-order valence-corrected chi connectivity index (χ2v) is 5.48. The molecule has 4 heteroatoms. The highest BCUT2D eigenvalue weighted by atomic mass is 16.5. The van der Waals surface area contributed by atoms with Gasteiger partial charge in [-0.2, -0.15) is 4.98 Å². The van der Waals surface area contributed by atoms with Gasteiger partial charge in [-0.1, -0.05) is 27.7 Å². The lowest BCUT2D eigenvalue weighted by molar-refractivity contribution is 0.257. The molecule has 0 amide bonds. The summed E-state index contributed by atoms with van der Waals surface area (Å²) in [6.45, 7) is 12.9. The van der Waals surface area contributed by atoms with Crippen LogP contribution in [0.2, 0.25) is 0 Å². The van der Waals surface area contributed by atoms with Crippen LogP contribution in [-0.2, 0) is 6.54 Å². The molecule has 1 heterocycles. The molecule has 4 nitrogen and oxygen atoms in total. The SMILES string of the molecule is Cc1ncc(CNCC(C)C)c(OCC(C)C)n1. The molecule has 0 bridgehead atoms. The molecule has 0 radical (unpaired) electrons. The number of aromatic nitrogens is 2. The van der Waals surface area contributed by atoms with E-state index in [9.17, 15) is 0 Å². The molecule has 1 N–H and O–H groups in total. The van der Waals surface area contributed by atoms with Crippen LogP contribution in [0.3, 0.4) is 0 Å². The first-order valence-electron chi connectivity index (χ1n) is 6.65. The van der Waals surface area contributed by atoms with E-state index in [4.69, 9.17) is 4.74 Å². The minimum atomic E-state index is 0.497. The standard InChI is InChI=1S/C14H25N3O/c1-10(2)6-15-7-13-8-16-12(5)17-14(13)18-9-11(3)4/h8,10-11,15H,6-7,9H2,1-5H3. The first kappa shape index (κ1) is 14.9. The second kappa shape index (κ2) is 7.31. The number of hydrogen-bond donors (Lipinski definition) is 1. The summed E-state index contributed by atoms with van der Waals surface area (Å²) >= 11 is 0. The summed E-state index contributed by atoms with van der Waals surface area (Å²) < 4.78 is 5.75. The van der Waals surface area contributed by atoms with Crippen LogP contribution < -0.4 is 10.1 Å². The molecular weight excluding hydrogens is 226 g/mol. The van der Waals surface area contributed by atoms with E-state index in [1.807, 2.05) is 13.1 Å². The molecule has 0 saturated heterocycles. The maximum atomic E-state index is 5.75. The molecule has 1 rings (SSSR count). The van der Waals surface area contributed by atoms with E-state index in [2.05, 4.69) is 43.0 Å². The van der Waals surface area contributed by atoms with Crippen LogP contribution in [0.5, 0.6) is 5.88 Å². The molecule has 1 aromatic rings. The van der Waals surface area contributed by atoms with Crippen molar-refractivity contribution < 1.29 is 4.74 Å². The Morgan fingerprint density at radius 1 is 1.22 bits per heavy atom. The number of rotatable bonds is 7. The van der Waals surface area contributed by atoms with Crippen molar-refractivity contribution in [3.05, 3.63) is 17.6 Å². The Morgan fingerprint density at radius 3 is 2.56 bits per heavy atom. The Balaban J connectivity index is 2.64. The summed E-state index contributed by atoms with van der Waals surface area (Å²) in [5, 5.41) is 3.39. The van der Waals surface area contributed by atoms with E-state index >= 15 is 0 Å². The Kier molecular flexibility index (Phi) is 6.05. The average molecular weight is 251 g/mol. The predicted octanol–water partition coefficient (Wildman–Crippen LogP) is 2.57. The summed E-state index contributed by atoms with van der Waals surface area (Å²) in [6, 6.07) is 0. The minimum absolute atomic E-state index is 0.497. The molecule has 18 heavy (non-hydrogen) atoms. The van der Waals surface area contributed by atoms with Gasteiger partial charge in [-0.25, -0.2) is 4.98 Å². The fraction of sp³-hybridized carbons (Fsp3) is 0.714. The fourth-order valence-corrected chi connectivity index (χ4v) is 1.46. The van der Waals surface area contributed by atoms with Crippen molar-refractivity contribution in [2.45, 2.75) is 41.2 Å². The molecular formula is C14H25N3O. The minimum Gasteiger partial charge on any atom is -0.477 e. The fourth-order valence-electron chi connectivity index (χ4n) is 1.46. The van der Waals surface area contributed by atoms with E-state index in [1.165, 1.54) is 0 Å². The van der Waals surface area contributed by atoms with E-state index in [-0.39, 0.29) is 0 Å². The third-order valence-corrected chi connectivity index (χ3v) is 2.37. The zero-order valence-electron chi connectivity index (χ0n) is 12.2. The maximum absolute atomic E-state index is 5.75. The van der Waals surface area contributed by atoms with Gasteiger partial charge in [0.2, 0.25) is 5.88 Å². The first-order chi connectivity index (χ1) is 8.49. The van der Waals surface area contributed by atoms with Crippen LogP contribution in [0, 0.1) is 18.8 Å². The van der Waals surface area contributed by atoms with Crippen molar-refractivity contribution in [2.24, 2.45) is 11.8 Å². The lowest BCUT2D eigenvalue weighted by Crippen LogP contribution is -2.20. The van der Waals surface area contributed by atoms with Crippen LogP contribution in [0.25, 0.3) is 0 Å². The van der Waals surface area contributed by atoms with Crippen LogP contribution in [0.1, 0.15) is 39.1 Å². The van der Waals surface area contributed by atoms with Crippen molar-refractivity contribution in [1.29, 1.82) is 0 Å². The third kappa shape index (κ3) is 5.45. The summed E-state index contributed by atoms with van der Waals surface area (Å²) in [6.07, 6.45) is 1.85. The number of nitrogens with zero attached hydrogens (tertiary/aromatic N) is 2. The molecule has 0 aromatic carbocycles. The largest absolute Gasteiger partial charge is 0.477 e. The summed E-state index contributed by atoms with van der Waals surface area (Å²) in [5.41, 5.74) is 1.03. The Hall–Kier alpha value is -1.16. The van der Waals surface area contributed by atoms with Gasteiger partial charge in [0.25, 0.3) is 0 Å². The summed E-state index contributed by atoms with van der Waals surface area (Å²) in [4.78, 5) is 8.60. The number of hydrogen-bond acceptors (Lipinski definition) is 4. The Bertz CT molecular complexity index is 364. The maximum Gasteiger partial charge on any atom is 0.221 e. The lowest BCUT2D eigenvalue weighted by atomic mass is 10.2. The van der Waals surface area contributed by atoms with Crippen LogP contribution in [-0.4, -0.2) is 23.1 Å². The summed E-state index contributed by atoms with van der Waals surface area (Å²) in [5.74, 6) is 2.60. The molecule has 0 unspecified atom stereocenters. The van der Waals surface area contributed by atoms with Gasteiger partial charge < -0.3 is 10.1 Å². The highest BCUT2D eigenvalue weighted by Crippen LogP contribution is 2.15. The van der Waals surface area contributed by atoms with Crippen molar-refractivity contribution in [2.75, 3.05) is 13.2 Å². The van der Waals surface area contributed by atoms with Gasteiger partial charge in [0.05, 0.1) is 6.61 Å². The third-order valence-electron chi connectivity index (χ3n) is 2.37. The molecule has 0 spiro atoms. The zero-order chi connectivity index (χ0) is 13.5. The van der Waals surface area contributed by atoms with E-state index in [0.717, 1.165) is 24.5 Å². The van der Waals surface area contributed by atoms with E-state index < -0.39 is 0 Å². The highest BCUT2D eigenvalue weighted by molar-refractivity contribution is 5.23. The normalized spacial score (nSPS) is 11.3. The second-order valence-electron chi connectivity index (χ2n) is 5.48. The van der Waals surface area contributed by atoms with Crippen LogP contribution >= 0.6 is 0 Å². The van der Waals surface area contributed by atoms with Gasteiger partial charge in [0.15, 0.2) is 0 Å². The van der Waals surface area contributed by atoms with Gasteiger partial charge in [-0.05, 0) is 25.3 Å². The van der Waals surface area contributed by atoms with Crippen molar-refractivity contribution >= 4 is 0 Å². The molecule has 0 aliphatic carbocycles.